The summed E-state index contributed by atoms with van der Waals surface area (Å²) in [7, 11) is 0. The van der Waals surface area contributed by atoms with Gasteiger partial charge in [-0.05, 0) is 44.3 Å². The van der Waals surface area contributed by atoms with Crippen LogP contribution < -0.4 is 10.1 Å². The summed E-state index contributed by atoms with van der Waals surface area (Å²) in [4.78, 5) is 6.53. The van der Waals surface area contributed by atoms with E-state index in [0.29, 0.717) is 12.1 Å². The van der Waals surface area contributed by atoms with Gasteiger partial charge in [-0.15, -0.1) is 0 Å². The second kappa shape index (κ2) is 10.6. The molecule has 0 spiro atoms. The standard InChI is InChI=1S/C22H35N5O/c1-4-26(5-2)12-13-28-22-9-7-6-8-19(22)15-24-20-11-10-18(3)14-21(20)27-17-23-16-25-27/h6-9,16-18,20-21,24H,4-5,10-15H2,1-3H3/t18-,20+,21+/m0/s1. The third-order valence-electron chi connectivity index (χ3n) is 5.94. The molecule has 1 saturated carbocycles. The second-order valence-electron chi connectivity index (χ2n) is 7.83. The first-order chi connectivity index (χ1) is 13.7. The Labute approximate surface area is 169 Å². The molecule has 0 aliphatic heterocycles. The molecule has 0 amide bonds. The van der Waals surface area contributed by atoms with Crippen molar-refractivity contribution in [2.24, 2.45) is 5.92 Å². The molecule has 3 rings (SSSR count). The minimum atomic E-state index is 0.363. The molecule has 1 aromatic carbocycles. The van der Waals surface area contributed by atoms with Gasteiger partial charge in [0.1, 0.15) is 25.0 Å². The van der Waals surface area contributed by atoms with E-state index >= 15 is 0 Å². The fourth-order valence-corrected chi connectivity index (χ4v) is 4.13. The average Bonchev–Trinajstić information content (AvgIpc) is 3.26. The van der Waals surface area contributed by atoms with Crippen LogP contribution in [-0.4, -0.2) is 51.9 Å². The van der Waals surface area contributed by atoms with Crippen molar-refractivity contribution in [3.63, 3.8) is 0 Å². The molecule has 0 saturated heterocycles. The number of rotatable bonds is 10. The normalized spacial score (nSPS) is 22.5. The minimum absolute atomic E-state index is 0.363. The molecule has 0 bridgehead atoms. The highest BCUT2D eigenvalue weighted by molar-refractivity contribution is 5.33. The number of hydrogen-bond acceptors (Lipinski definition) is 5. The molecule has 2 aromatic rings. The molecule has 1 heterocycles. The van der Waals surface area contributed by atoms with Gasteiger partial charge in [0, 0.05) is 24.7 Å². The van der Waals surface area contributed by atoms with Crippen LogP contribution in [0.2, 0.25) is 0 Å². The van der Waals surface area contributed by atoms with Crippen LogP contribution in [-0.2, 0) is 6.54 Å². The quantitative estimate of drug-likeness (QED) is 0.678. The summed E-state index contributed by atoms with van der Waals surface area (Å²) >= 11 is 0. The second-order valence-corrected chi connectivity index (χ2v) is 7.83. The van der Waals surface area contributed by atoms with E-state index in [2.05, 4.69) is 65.3 Å². The number of nitrogens with one attached hydrogen (secondary N) is 1. The van der Waals surface area contributed by atoms with E-state index in [9.17, 15) is 0 Å². The lowest BCUT2D eigenvalue weighted by Gasteiger charge is -2.35. The predicted molar refractivity (Wildman–Crippen MR) is 112 cm³/mol. The van der Waals surface area contributed by atoms with E-state index in [1.54, 1.807) is 6.33 Å². The maximum atomic E-state index is 6.12. The van der Waals surface area contributed by atoms with E-state index in [1.165, 1.54) is 12.0 Å². The number of likely N-dealkylation sites (N-methyl/N-ethyl adjacent to an activating group) is 1. The van der Waals surface area contributed by atoms with Crippen molar-refractivity contribution in [1.82, 2.24) is 25.0 Å². The van der Waals surface area contributed by atoms with Crippen molar-refractivity contribution in [3.8, 4) is 5.75 Å². The highest BCUT2D eigenvalue weighted by Gasteiger charge is 2.30. The van der Waals surface area contributed by atoms with Gasteiger partial charge in [0.05, 0.1) is 6.04 Å². The number of hydrogen-bond donors (Lipinski definition) is 1. The number of nitrogens with zero attached hydrogens (tertiary/aromatic N) is 4. The highest BCUT2D eigenvalue weighted by Crippen LogP contribution is 2.32. The molecular weight excluding hydrogens is 350 g/mol. The molecular formula is C22H35N5O. The van der Waals surface area contributed by atoms with Crippen molar-refractivity contribution in [2.45, 2.75) is 58.7 Å². The Kier molecular flexibility index (Phi) is 7.86. The lowest BCUT2D eigenvalue weighted by Crippen LogP contribution is -2.41. The molecule has 3 atom stereocenters. The summed E-state index contributed by atoms with van der Waals surface area (Å²) in [5.74, 6) is 1.71. The van der Waals surface area contributed by atoms with Crippen LogP contribution in [0, 0.1) is 5.92 Å². The van der Waals surface area contributed by atoms with Gasteiger partial charge < -0.3 is 15.0 Å². The minimum Gasteiger partial charge on any atom is -0.492 e. The van der Waals surface area contributed by atoms with E-state index < -0.39 is 0 Å². The number of benzene rings is 1. The molecule has 1 aliphatic carbocycles. The van der Waals surface area contributed by atoms with Crippen LogP contribution in [0.1, 0.15) is 51.6 Å². The summed E-state index contributed by atoms with van der Waals surface area (Å²) in [6.07, 6.45) is 7.04. The monoisotopic (exact) mass is 385 g/mol. The molecule has 6 heteroatoms. The maximum Gasteiger partial charge on any atom is 0.137 e. The van der Waals surface area contributed by atoms with Gasteiger partial charge in [-0.2, -0.15) is 5.10 Å². The van der Waals surface area contributed by atoms with Crippen LogP contribution in [0.25, 0.3) is 0 Å². The SMILES string of the molecule is CCN(CC)CCOc1ccccc1CN[C@@H]1CC[C@H](C)C[C@H]1n1cncn1. The van der Waals surface area contributed by atoms with Crippen molar-refractivity contribution >= 4 is 0 Å². The molecule has 1 N–H and O–H groups in total. The van der Waals surface area contributed by atoms with E-state index in [4.69, 9.17) is 4.74 Å². The van der Waals surface area contributed by atoms with Crippen LogP contribution in [0.5, 0.6) is 5.75 Å². The molecule has 1 aromatic heterocycles. The van der Waals surface area contributed by atoms with E-state index in [-0.39, 0.29) is 0 Å². The van der Waals surface area contributed by atoms with Gasteiger partial charge in [0.2, 0.25) is 0 Å². The van der Waals surface area contributed by atoms with Crippen LogP contribution in [0.4, 0.5) is 0 Å². The summed E-state index contributed by atoms with van der Waals surface area (Å²) in [6.45, 7) is 11.3. The van der Waals surface area contributed by atoms with Crippen molar-refractivity contribution in [3.05, 3.63) is 42.5 Å². The van der Waals surface area contributed by atoms with Gasteiger partial charge in [0.15, 0.2) is 0 Å². The van der Waals surface area contributed by atoms with E-state index in [0.717, 1.165) is 57.3 Å². The number of aromatic nitrogens is 3. The average molecular weight is 386 g/mol. The van der Waals surface area contributed by atoms with Crippen molar-refractivity contribution in [1.29, 1.82) is 0 Å². The molecule has 0 radical (unpaired) electrons. The Balaban J connectivity index is 1.59. The Morgan fingerprint density at radius 2 is 2.04 bits per heavy atom. The number of ether oxygens (including phenoxy) is 1. The Morgan fingerprint density at radius 3 is 2.79 bits per heavy atom. The largest absolute Gasteiger partial charge is 0.492 e. The van der Waals surface area contributed by atoms with Gasteiger partial charge in [-0.1, -0.05) is 39.0 Å². The Bertz CT molecular complexity index is 686. The lowest BCUT2D eigenvalue weighted by molar-refractivity contribution is 0.199. The lowest BCUT2D eigenvalue weighted by atomic mass is 9.83. The van der Waals surface area contributed by atoms with Gasteiger partial charge in [-0.25, -0.2) is 9.67 Å². The molecule has 28 heavy (non-hydrogen) atoms. The zero-order chi connectivity index (χ0) is 19.8. The first-order valence-electron chi connectivity index (χ1n) is 10.7. The maximum absolute atomic E-state index is 6.12. The summed E-state index contributed by atoms with van der Waals surface area (Å²) in [5.41, 5.74) is 1.22. The van der Waals surface area contributed by atoms with E-state index in [1.807, 2.05) is 11.0 Å². The highest BCUT2D eigenvalue weighted by atomic mass is 16.5. The molecule has 154 valence electrons. The summed E-state index contributed by atoms with van der Waals surface area (Å²) < 4.78 is 8.15. The van der Waals surface area contributed by atoms with Gasteiger partial charge in [-0.3, -0.25) is 0 Å². The Morgan fingerprint density at radius 1 is 1.21 bits per heavy atom. The Hall–Kier alpha value is -1.92. The molecule has 1 aliphatic rings. The van der Waals surface area contributed by atoms with Crippen molar-refractivity contribution < 1.29 is 4.74 Å². The van der Waals surface area contributed by atoms with Crippen LogP contribution in [0.15, 0.2) is 36.9 Å². The van der Waals surface area contributed by atoms with Crippen LogP contribution in [0.3, 0.4) is 0 Å². The molecule has 0 unspecified atom stereocenters. The zero-order valence-corrected chi connectivity index (χ0v) is 17.6. The topological polar surface area (TPSA) is 55.2 Å². The summed E-state index contributed by atoms with van der Waals surface area (Å²) in [5, 5.41) is 8.19. The summed E-state index contributed by atoms with van der Waals surface area (Å²) in [6, 6.07) is 9.15. The van der Waals surface area contributed by atoms with Gasteiger partial charge >= 0.3 is 0 Å². The van der Waals surface area contributed by atoms with Crippen LogP contribution >= 0.6 is 0 Å². The predicted octanol–water partition coefficient (Wildman–Crippen LogP) is 3.52. The third kappa shape index (κ3) is 5.55. The van der Waals surface area contributed by atoms with Crippen molar-refractivity contribution in [2.75, 3.05) is 26.2 Å². The fourth-order valence-electron chi connectivity index (χ4n) is 4.13. The first kappa shape index (κ1) is 20.8. The third-order valence-corrected chi connectivity index (χ3v) is 5.94. The molecule has 6 nitrogen and oxygen atoms in total. The first-order valence-corrected chi connectivity index (χ1v) is 10.7. The zero-order valence-electron chi connectivity index (χ0n) is 17.6. The fraction of sp³-hybridized carbons (Fsp3) is 0.636. The molecule has 1 fully saturated rings. The smallest absolute Gasteiger partial charge is 0.137 e. The van der Waals surface area contributed by atoms with Gasteiger partial charge in [0.25, 0.3) is 0 Å². The number of para-hydroxylation sites is 1.